The number of hydrogen-bond acceptors (Lipinski definition) is 4. The summed E-state index contributed by atoms with van der Waals surface area (Å²) in [5.74, 6) is 0.111. The van der Waals surface area contributed by atoms with Crippen molar-refractivity contribution in [1.82, 2.24) is 10.3 Å². The Morgan fingerprint density at radius 3 is 2.43 bits per heavy atom. The van der Waals surface area contributed by atoms with Gasteiger partial charge in [-0.3, -0.25) is 14.6 Å². The summed E-state index contributed by atoms with van der Waals surface area (Å²) in [5.41, 5.74) is 4.38. The number of amides is 1. The van der Waals surface area contributed by atoms with Crippen molar-refractivity contribution in [2.24, 2.45) is 0 Å². The zero-order valence-electron chi connectivity index (χ0n) is 17.1. The second-order valence-electron chi connectivity index (χ2n) is 7.12. The van der Waals surface area contributed by atoms with E-state index in [1.54, 1.807) is 24.4 Å². The first-order valence-corrected chi connectivity index (χ1v) is 10.2. The lowest BCUT2D eigenvalue weighted by Crippen LogP contribution is -2.26. The fraction of sp³-hybridized carbons (Fsp3) is 0.240. The normalized spacial score (nSPS) is 10.6. The van der Waals surface area contributed by atoms with Gasteiger partial charge in [0, 0.05) is 43.3 Å². The first-order chi connectivity index (χ1) is 14.6. The summed E-state index contributed by atoms with van der Waals surface area (Å²) in [7, 11) is 0. The molecule has 0 bridgehead atoms. The van der Waals surface area contributed by atoms with Crippen LogP contribution in [0.15, 0.2) is 66.9 Å². The Bertz CT molecular complexity index is 999. The highest BCUT2D eigenvalue weighted by molar-refractivity contribution is 5.98. The summed E-state index contributed by atoms with van der Waals surface area (Å²) >= 11 is 0. The molecular formula is C25H26N2O3. The highest BCUT2D eigenvalue weighted by atomic mass is 16.3. The number of aryl methyl sites for hydroxylation is 1. The van der Waals surface area contributed by atoms with Crippen molar-refractivity contribution in [3.05, 3.63) is 83.7 Å². The molecule has 1 amide bonds. The average molecular weight is 402 g/mol. The number of carbonyl (C=O) groups excluding carboxylic acids is 2. The summed E-state index contributed by atoms with van der Waals surface area (Å²) < 4.78 is 0. The van der Waals surface area contributed by atoms with Gasteiger partial charge in [0.05, 0.1) is 0 Å². The van der Waals surface area contributed by atoms with E-state index in [1.165, 1.54) is 0 Å². The van der Waals surface area contributed by atoms with Crippen LogP contribution in [0, 0.1) is 0 Å². The van der Waals surface area contributed by atoms with E-state index in [0.29, 0.717) is 24.3 Å². The van der Waals surface area contributed by atoms with Gasteiger partial charge in [-0.1, -0.05) is 43.3 Å². The largest absolute Gasteiger partial charge is 0.508 e. The molecule has 3 rings (SSSR count). The van der Waals surface area contributed by atoms with E-state index < -0.39 is 0 Å². The molecule has 0 aliphatic carbocycles. The Balaban J connectivity index is 1.49. The van der Waals surface area contributed by atoms with E-state index in [-0.39, 0.29) is 24.5 Å². The molecule has 2 N–H and O–H groups in total. The number of nitrogens with one attached hydrogen (secondary N) is 1. The third kappa shape index (κ3) is 5.77. The Hall–Kier alpha value is -3.47. The maximum atomic E-state index is 12.4. The van der Waals surface area contributed by atoms with E-state index in [9.17, 15) is 14.7 Å². The average Bonchev–Trinajstić information content (AvgIpc) is 2.78. The lowest BCUT2D eigenvalue weighted by molar-refractivity contribution is -0.121. The van der Waals surface area contributed by atoms with E-state index >= 15 is 0 Å². The molecule has 5 heteroatoms. The Morgan fingerprint density at radius 2 is 1.73 bits per heavy atom. The van der Waals surface area contributed by atoms with Crippen molar-refractivity contribution in [2.45, 2.75) is 32.6 Å². The molecule has 0 saturated heterocycles. The molecule has 5 nitrogen and oxygen atoms in total. The van der Waals surface area contributed by atoms with E-state index in [4.69, 9.17) is 0 Å². The number of pyridine rings is 1. The number of rotatable bonds is 9. The number of benzene rings is 2. The van der Waals surface area contributed by atoms with Crippen LogP contribution in [0.4, 0.5) is 0 Å². The molecule has 0 atom stereocenters. The molecule has 0 spiro atoms. The number of phenolic OH excluding ortho intramolecular Hbond substituents is 1. The molecule has 0 radical (unpaired) electrons. The molecular weight excluding hydrogens is 376 g/mol. The second-order valence-corrected chi connectivity index (χ2v) is 7.12. The number of nitrogens with zero attached hydrogens (tertiary/aromatic N) is 1. The van der Waals surface area contributed by atoms with Gasteiger partial charge < -0.3 is 10.4 Å². The van der Waals surface area contributed by atoms with E-state index in [2.05, 4.69) is 10.3 Å². The number of aromatic hydroxyl groups is 1. The van der Waals surface area contributed by atoms with Crippen LogP contribution in [0.2, 0.25) is 0 Å². The number of phenols is 1. The summed E-state index contributed by atoms with van der Waals surface area (Å²) in [6.07, 6.45) is 3.49. The number of hydrogen-bond donors (Lipinski definition) is 2. The lowest BCUT2D eigenvalue weighted by atomic mass is 9.98. The number of carbonyl (C=O) groups is 2. The Kier molecular flexibility index (Phi) is 7.33. The predicted molar refractivity (Wildman–Crippen MR) is 117 cm³/mol. The van der Waals surface area contributed by atoms with Crippen molar-refractivity contribution >= 4 is 11.7 Å². The van der Waals surface area contributed by atoms with Gasteiger partial charge in [0.15, 0.2) is 5.78 Å². The third-order valence-electron chi connectivity index (χ3n) is 5.01. The molecule has 0 unspecified atom stereocenters. The van der Waals surface area contributed by atoms with Crippen LogP contribution in [-0.4, -0.2) is 28.3 Å². The fourth-order valence-electron chi connectivity index (χ4n) is 3.23. The minimum atomic E-state index is -0.132. The summed E-state index contributed by atoms with van der Waals surface area (Å²) in [5, 5.41) is 12.7. The maximum absolute atomic E-state index is 12.4. The molecule has 3 aromatic rings. The monoisotopic (exact) mass is 402 g/mol. The van der Waals surface area contributed by atoms with Crippen LogP contribution >= 0.6 is 0 Å². The maximum Gasteiger partial charge on any atom is 0.220 e. The van der Waals surface area contributed by atoms with Crippen molar-refractivity contribution < 1.29 is 14.7 Å². The van der Waals surface area contributed by atoms with Crippen LogP contribution in [0.1, 0.15) is 41.4 Å². The van der Waals surface area contributed by atoms with Gasteiger partial charge in [0.1, 0.15) is 5.75 Å². The number of Topliss-reactive ketones (excluding diaryl/α,β-unsaturated/α-hetero) is 1. The molecule has 2 aromatic carbocycles. The number of ketones is 1. The molecule has 30 heavy (non-hydrogen) atoms. The molecule has 0 saturated carbocycles. The fourth-order valence-corrected chi connectivity index (χ4v) is 3.23. The van der Waals surface area contributed by atoms with Gasteiger partial charge in [-0.05, 0) is 47.4 Å². The van der Waals surface area contributed by atoms with Crippen LogP contribution in [0.3, 0.4) is 0 Å². The molecule has 1 heterocycles. The molecule has 0 fully saturated rings. The minimum absolute atomic E-state index is 0.0543. The number of aromatic nitrogens is 1. The highest BCUT2D eigenvalue weighted by Gasteiger charge is 2.10. The molecule has 154 valence electrons. The van der Waals surface area contributed by atoms with Crippen LogP contribution in [0.5, 0.6) is 5.75 Å². The minimum Gasteiger partial charge on any atom is -0.508 e. The van der Waals surface area contributed by atoms with Crippen LogP contribution in [0.25, 0.3) is 11.1 Å². The van der Waals surface area contributed by atoms with Crippen molar-refractivity contribution in [1.29, 1.82) is 0 Å². The van der Waals surface area contributed by atoms with Gasteiger partial charge in [0.25, 0.3) is 0 Å². The van der Waals surface area contributed by atoms with Gasteiger partial charge in [-0.15, -0.1) is 0 Å². The molecule has 0 aliphatic rings. The topological polar surface area (TPSA) is 79.3 Å². The zero-order valence-corrected chi connectivity index (χ0v) is 17.1. The Morgan fingerprint density at radius 1 is 0.967 bits per heavy atom. The Labute approximate surface area is 176 Å². The van der Waals surface area contributed by atoms with Crippen molar-refractivity contribution in [3.63, 3.8) is 0 Å². The van der Waals surface area contributed by atoms with E-state index in [0.717, 1.165) is 28.8 Å². The van der Waals surface area contributed by atoms with Gasteiger partial charge in [-0.25, -0.2) is 0 Å². The van der Waals surface area contributed by atoms with Crippen molar-refractivity contribution in [2.75, 3.05) is 6.54 Å². The molecule has 1 aromatic heterocycles. The first kappa shape index (κ1) is 21.2. The summed E-state index contributed by atoms with van der Waals surface area (Å²) in [4.78, 5) is 28.6. The SMILES string of the molecule is CCc1cc(-c2ccc(C(=O)CCC(=O)NCCc3ccccn3)cc2)ccc1O. The first-order valence-electron chi connectivity index (χ1n) is 10.2. The van der Waals surface area contributed by atoms with Crippen LogP contribution in [-0.2, 0) is 17.6 Å². The van der Waals surface area contributed by atoms with Crippen molar-refractivity contribution in [3.8, 4) is 16.9 Å². The van der Waals surface area contributed by atoms with Gasteiger partial charge in [-0.2, -0.15) is 0 Å². The highest BCUT2D eigenvalue weighted by Crippen LogP contribution is 2.26. The van der Waals surface area contributed by atoms with Gasteiger partial charge in [0.2, 0.25) is 5.91 Å². The van der Waals surface area contributed by atoms with Gasteiger partial charge >= 0.3 is 0 Å². The summed E-state index contributed by atoms with van der Waals surface area (Å²) in [6.45, 7) is 2.50. The zero-order chi connectivity index (χ0) is 21.3. The summed E-state index contributed by atoms with van der Waals surface area (Å²) in [6, 6.07) is 18.6. The molecule has 0 aliphatic heterocycles. The standard InChI is InChI=1S/C25H26N2O3/c1-2-18-17-21(10-11-23(18)28)19-6-8-20(9-7-19)24(29)12-13-25(30)27-16-14-22-5-3-4-15-26-22/h3-11,15,17,28H,2,12-14,16H2,1H3,(H,27,30). The quantitative estimate of drug-likeness (QED) is 0.522. The second kappa shape index (κ2) is 10.3. The third-order valence-corrected chi connectivity index (χ3v) is 5.01. The van der Waals surface area contributed by atoms with E-state index in [1.807, 2.05) is 49.4 Å². The lowest BCUT2D eigenvalue weighted by Gasteiger charge is -2.08. The smallest absolute Gasteiger partial charge is 0.220 e. The predicted octanol–water partition coefficient (Wildman–Crippen LogP) is 4.34. The van der Waals surface area contributed by atoms with Crippen LogP contribution < -0.4 is 5.32 Å².